The third kappa shape index (κ3) is 3.04. The van der Waals surface area contributed by atoms with Crippen molar-refractivity contribution in [3.8, 4) is 0 Å². The third-order valence-corrected chi connectivity index (χ3v) is 4.40. The number of thiophene rings is 1. The Bertz CT molecular complexity index is 507. The van der Waals surface area contributed by atoms with Crippen molar-refractivity contribution in [3.63, 3.8) is 0 Å². The molecule has 1 aliphatic carbocycles. The fourth-order valence-corrected chi connectivity index (χ4v) is 3.43. The lowest BCUT2D eigenvalue weighted by Crippen LogP contribution is -2.40. The molecular weight excluding hydrogens is 262 g/mol. The van der Waals surface area contributed by atoms with Gasteiger partial charge in [-0.25, -0.2) is 4.79 Å². The Morgan fingerprint density at radius 2 is 2.21 bits per heavy atom. The Morgan fingerprint density at radius 1 is 1.47 bits per heavy atom. The molecule has 0 bridgehead atoms. The maximum atomic E-state index is 12.2. The molecule has 2 N–H and O–H groups in total. The van der Waals surface area contributed by atoms with Gasteiger partial charge in [-0.2, -0.15) is 0 Å². The lowest BCUT2D eigenvalue weighted by molar-refractivity contribution is -0.139. The molecule has 0 fully saturated rings. The molecule has 1 aromatic rings. The molecule has 0 saturated heterocycles. The summed E-state index contributed by atoms with van der Waals surface area (Å²) in [4.78, 5) is 24.5. The Balaban J connectivity index is 2.13. The van der Waals surface area contributed by atoms with Crippen molar-refractivity contribution < 1.29 is 14.7 Å². The average molecular weight is 279 g/mol. The molecule has 1 amide bonds. The Labute approximate surface area is 116 Å². The molecule has 5 heteroatoms. The van der Waals surface area contributed by atoms with Crippen molar-refractivity contribution in [1.82, 2.24) is 5.32 Å². The zero-order valence-corrected chi connectivity index (χ0v) is 11.5. The second kappa shape index (κ2) is 6.02. The number of fused-ring (bicyclic) bond motifs is 1. The SMILES string of the molecule is C=CCC(NC(=O)c1csc2c1CCCC2)C(=O)O. The van der Waals surface area contributed by atoms with Crippen molar-refractivity contribution in [2.75, 3.05) is 0 Å². The van der Waals surface area contributed by atoms with Gasteiger partial charge in [0.1, 0.15) is 6.04 Å². The van der Waals surface area contributed by atoms with E-state index in [1.165, 1.54) is 17.4 Å². The topological polar surface area (TPSA) is 66.4 Å². The normalized spacial score (nSPS) is 15.4. The molecule has 0 spiro atoms. The lowest BCUT2D eigenvalue weighted by Gasteiger charge is -2.15. The van der Waals surface area contributed by atoms with E-state index in [0.29, 0.717) is 5.56 Å². The van der Waals surface area contributed by atoms with E-state index in [0.717, 1.165) is 24.8 Å². The molecule has 1 aromatic heterocycles. The van der Waals surface area contributed by atoms with E-state index in [2.05, 4.69) is 11.9 Å². The van der Waals surface area contributed by atoms with Crippen LogP contribution in [0.25, 0.3) is 0 Å². The number of carbonyl (C=O) groups is 2. The first-order valence-electron chi connectivity index (χ1n) is 6.37. The number of hydrogen-bond acceptors (Lipinski definition) is 3. The van der Waals surface area contributed by atoms with E-state index < -0.39 is 12.0 Å². The lowest BCUT2D eigenvalue weighted by atomic mass is 9.95. The Morgan fingerprint density at radius 3 is 2.89 bits per heavy atom. The van der Waals surface area contributed by atoms with Crippen molar-refractivity contribution in [1.29, 1.82) is 0 Å². The van der Waals surface area contributed by atoms with Crippen LogP contribution in [0.1, 0.15) is 40.1 Å². The van der Waals surface area contributed by atoms with Crippen molar-refractivity contribution in [2.45, 2.75) is 38.1 Å². The van der Waals surface area contributed by atoms with Gasteiger partial charge in [0.05, 0.1) is 5.56 Å². The van der Waals surface area contributed by atoms with Crippen molar-refractivity contribution in [2.24, 2.45) is 0 Å². The van der Waals surface area contributed by atoms with Crippen LogP contribution in [-0.4, -0.2) is 23.0 Å². The van der Waals surface area contributed by atoms with Gasteiger partial charge in [0.2, 0.25) is 0 Å². The predicted octanol–water partition coefficient (Wildman–Crippen LogP) is 2.39. The van der Waals surface area contributed by atoms with Crippen LogP contribution in [0.3, 0.4) is 0 Å². The van der Waals surface area contributed by atoms with Gasteiger partial charge >= 0.3 is 5.97 Å². The quantitative estimate of drug-likeness (QED) is 0.813. The van der Waals surface area contributed by atoms with Crippen LogP contribution in [0.5, 0.6) is 0 Å². The number of aliphatic carboxylic acids is 1. The summed E-state index contributed by atoms with van der Waals surface area (Å²) >= 11 is 1.60. The van der Waals surface area contributed by atoms with E-state index in [-0.39, 0.29) is 12.3 Å². The smallest absolute Gasteiger partial charge is 0.326 e. The van der Waals surface area contributed by atoms with E-state index in [4.69, 9.17) is 5.11 Å². The van der Waals surface area contributed by atoms with E-state index >= 15 is 0 Å². The minimum atomic E-state index is -1.03. The third-order valence-electron chi connectivity index (χ3n) is 3.31. The van der Waals surface area contributed by atoms with Crippen LogP contribution >= 0.6 is 11.3 Å². The number of rotatable bonds is 5. The summed E-state index contributed by atoms with van der Waals surface area (Å²) in [6.45, 7) is 3.51. The second-order valence-electron chi connectivity index (χ2n) is 4.65. The number of carboxylic acids is 1. The summed E-state index contributed by atoms with van der Waals surface area (Å²) in [6.07, 6.45) is 5.94. The fourth-order valence-electron chi connectivity index (χ4n) is 2.31. The highest BCUT2D eigenvalue weighted by Gasteiger charge is 2.24. The van der Waals surface area contributed by atoms with Crippen LogP contribution in [-0.2, 0) is 17.6 Å². The monoisotopic (exact) mass is 279 g/mol. The standard InChI is InChI=1S/C14H17NO3S/c1-2-5-11(14(17)18)15-13(16)10-8-19-12-7-4-3-6-9(10)12/h2,8,11H,1,3-7H2,(H,15,16)(H,17,18). The zero-order chi connectivity index (χ0) is 13.8. The molecule has 102 valence electrons. The highest BCUT2D eigenvalue weighted by Crippen LogP contribution is 2.30. The summed E-state index contributed by atoms with van der Waals surface area (Å²) in [6, 6.07) is -0.899. The Hall–Kier alpha value is -1.62. The fraction of sp³-hybridized carbons (Fsp3) is 0.429. The van der Waals surface area contributed by atoms with Gasteiger partial charge in [0.25, 0.3) is 5.91 Å². The van der Waals surface area contributed by atoms with Gasteiger partial charge in [0, 0.05) is 10.3 Å². The number of nitrogens with one attached hydrogen (secondary N) is 1. The van der Waals surface area contributed by atoms with Crippen LogP contribution < -0.4 is 5.32 Å². The highest BCUT2D eigenvalue weighted by atomic mass is 32.1. The number of aryl methyl sites for hydroxylation is 1. The van der Waals surface area contributed by atoms with Crippen molar-refractivity contribution in [3.05, 3.63) is 34.0 Å². The van der Waals surface area contributed by atoms with Crippen LogP contribution in [0.15, 0.2) is 18.0 Å². The number of amides is 1. The summed E-state index contributed by atoms with van der Waals surface area (Å²) in [5.74, 6) is -1.31. The number of carbonyl (C=O) groups excluding carboxylic acids is 1. The molecular formula is C14H17NO3S. The van der Waals surface area contributed by atoms with Gasteiger partial charge in [0.15, 0.2) is 0 Å². The van der Waals surface area contributed by atoms with Gasteiger partial charge in [-0.05, 0) is 37.7 Å². The van der Waals surface area contributed by atoms with Crippen LogP contribution in [0.2, 0.25) is 0 Å². The molecule has 4 nitrogen and oxygen atoms in total. The Kier molecular flexibility index (Phi) is 4.37. The first-order chi connectivity index (χ1) is 9.13. The molecule has 1 heterocycles. The summed E-state index contributed by atoms with van der Waals surface area (Å²) in [7, 11) is 0. The minimum absolute atomic E-state index is 0.230. The number of carboxylic acid groups (broad SMARTS) is 1. The van der Waals surface area contributed by atoms with Crippen molar-refractivity contribution >= 4 is 23.2 Å². The molecule has 2 rings (SSSR count). The van der Waals surface area contributed by atoms with Gasteiger partial charge < -0.3 is 10.4 Å². The molecule has 19 heavy (non-hydrogen) atoms. The van der Waals surface area contributed by atoms with E-state index in [1.54, 1.807) is 11.3 Å². The minimum Gasteiger partial charge on any atom is -0.480 e. The highest BCUT2D eigenvalue weighted by molar-refractivity contribution is 7.10. The molecule has 1 aliphatic rings. The maximum absolute atomic E-state index is 12.2. The molecule has 0 aliphatic heterocycles. The first-order valence-corrected chi connectivity index (χ1v) is 7.25. The second-order valence-corrected chi connectivity index (χ2v) is 5.61. The number of hydrogen-bond donors (Lipinski definition) is 2. The maximum Gasteiger partial charge on any atom is 0.326 e. The molecule has 0 radical (unpaired) electrons. The largest absolute Gasteiger partial charge is 0.480 e. The summed E-state index contributed by atoms with van der Waals surface area (Å²) < 4.78 is 0. The van der Waals surface area contributed by atoms with Gasteiger partial charge in [-0.3, -0.25) is 4.79 Å². The van der Waals surface area contributed by atoms with Crippen LogP contribution in [0, 0.1) is 0 Å². The molecule has 1 atom stereocenters. The van der Waals surface area contributed by atoms with Crippen LogP contribution in [0.4, 0.5) is 0 Å². The van der Waals surface area contributed by atoms with Gasteiger partial charge in [-0.15, -0.1) is 17.9 Å². The zero-order valence-electron chi connectivity index (χ0n) is 10.6. The predicted molar refractivity (Wildman–Crippen MR) is 74.7 cm³/mol. The molecule has 0 saturated carbocycles. The molecule has 0 aromatic carbocycles. The summed E-state index contributed by atoms with van der Waals surface area (Å²) in [5, 5.41) is 13.4. The first kappa shape index (κ1) is 13.8. The van der Waals surface area contributed by atoms with E-state index in [1.807, 2.05) is 5.38 Å². The average Bonchev–Trinajstić information content (AvgIpc) is 2.81. The van der Waals surface area contributed by atoms with E-state index in [9.17, 15) is 9.59 Å². The van der Waals surface area contributed by atoms with Gasteiger partial charge in [-0.1, -0.05) is 6.08 Å². The molecule has 1 unspecified atom stereocenters. The summed E-state index contributed by atoms with van der Waals surface area (Å²) in [5.41, 5.74) is 1.76.